The Morgan fingerprint density at radius 3 is 2.37 bits per heavy atom. The van der Waals surface area contributed by atoms with Crippen LogP contribution in [0.15, 0.2) is 42.5 Å². The molecule has 27 heavy (non-hydrogen) atoms. The molecule has 0 atom stereocenters. The Kier molecular flexibility index (Phi) is 6.26. The molecule has 0 radical (unpaired) electrons. The number of amides is 2. The number of hydrogen-bond acceptors (Lipinski definition) is 3. The van der Waals surface area contributed by atoms with Crippen molar-refractivity contribution in [3.05, 3.63) is 53.6 Å². The van der Waals surface area contributed by atoms with Gasteiger partial charge in [-0.1, -0.05) is 45.0 Å². The number of anilines is 2. The fourth-order valence-electron chi connectivity index (χ4n) is 2.96. The van der Waals surface area contributed by atoms with E-state index in [2.05, 4.69) is 26.1 Å². The summed E-state index contributed by atoms with van der Waals surface area (Å²) in [7, 11) is 1.56. The molecular formula is C22H28N2O3. The predicted octanol–water partition coefficient (Wildman–Crippen LogP) is 4.29. The molecule has 0 saturated heterocycles. The Morgan fingerprint density at radius 1 is 1.11 bits per heavy atom. The number of nitrogens with one attached hydrogen (secondary N) is 1. The number of benzene rings is 2. The topological polar surface area (TPSA) is 58.6 Å². The summed E-state index contributed by atoms with van der Waals surface area (Å²) in [5.74, 6) is 0.120. The Bertz CT molecular complexity index is 838. The van der Waals surface area contributed by atoms with E-state index >= 15 is 0 Å². The first-order valence-corrected chi connectivity index (χ1v) is 8.95. The third-order valence-electron chi connectivity index (χ3n) is 4.31. The highest BCUT2D eigenvalue weighted by Crippen LogP contribution is 2.32. The van der Waals surface area contributed by atoms with Gasteiger partial charge in [-0.25, -0.2) is 0 Å². The van der Waals surface area contributed by atoms with E-state index in [0.29, 0.717) is 11.4 Å². The van der Waals surface area contributed by atoms with Crippen LogP contribution < -0.4 is 15.0 Å². The average Bonchev–Trinajstić information content (AvgIpc) is 2.59. The van der Waals surface area contributed by atoms with Gasteiger partial charge in [0.15, 0.2) is 0 Å². The summed E-state index contributed by atoms with van der Waals surface area (Å²) in [5.41, 5.74) is 3.22. The van der Waals surface area contributed by atoms with Gasteiger partial charge < -0.3 is 15.0 Å². The van der Waals surface area contributed by atoms with E-state index in [1.165, 1.54) is 11.8 Å². The van der Waals surface area contributed by atoms with Crippen LogP contribution in [0.2, 0.25) is 0 Å². The summed E-state index contributed by atoms with van der Waals surface area (Å²) >= 11 is 0. The molecule has 0 spiro atoms. The third-order valence-corrected chi connectivity index (χ3v) is 4.31. The van der Waals surface area contributed by atoms with Crippen molar-refractivity contribution >= 4 is 23.2 Å². The van der Waals surface area contributed by atoms with Crippen molar-refractivity contribution in [2.24, 2.45) is 0 Å². The van der Waals surface area contributed by atoms with Crippen LogP contribution in [-0.4, -0.2) is 25.5 Å². The Morgan fingerprint density at radius 2 is 1.78 bits per heavy atom. The monoisotopic (exact) mass is 368 g/mol. The van der Waals surface area contributed by atoms with Crippen molar-refractivity contribution in [2.45, 2.75) is 40.0 Å². The molecule has 2 aromatic carbocycles. The lowest BCUT2D eigenvalue weighted by molar-refractivity contribution is -0.120. The second kappa shape index (κ2) is 8.25. The molecule has 0 saturated carbocycles. The zero-order valence-corrected chi connectivity index (χ0v) is 16.9. The summed E-state index contributed by atoms with van der Waals surface area (Å²) in [6.07, 6.45) is 0. The molecule has 0 aliphatic rings. The summed E-state index contributed by atoms with van der Waals surface area (Å²) in [6.45, 7) is 9.60. The SMILES string of the molecule is COc1ccc(C)cc1NC(=O)CN(C(C)=O)c1ccccc1C(C)(C)C. The quantitative estimate of drug-likeness (QED) is 0.856. The lowest BCUT2D eigenvalue weighted by Gasteiger charge is -2.29. The van der Waals surface area contributed by atoms with Crippen molar-refractivity contribution in [2.75, 3.05) is 23.9 Å². The van der Waals surface area contributed by atoms with Gasteiger partial charge in [-0.05, 0) is 41.7 Å². The van der Waals surface area contributed by atoms with Gasteiger partial charge >= 0.3 is 0 Å². The molecule has 2 rings (SSSR count). The fourth-order valence-corrected chi connectivity index (χ4v) is 2.96. The first kappa shape index (κ1) is 20.5. The highest BCUT2D eigenvalue weighted by atomic mass is 16.5. The fraction of sp³-hybridized carbons (Fsp3) is 0.364. The number of para-hydroxylation sites is 1. The lowest BCUT2D eigenvalue weighted by atomic mass is 9.85. The van der Waals surface area contributed by atoms with Gasteiger partial charge in [0, 0.05) is 12.6 Å². The molecule has 0 fully saturated rings. The molecule has 5 nitrogen and oxygen atoms in total. The van der Waals surface area contributed by atoms with E-state index in [1.54, 1.807) is 7.11 Å². The number of ether oxygens (including phenoxy) is 1. The largest absolute Gasteiger partial charge is 0.495 e. The molecule has 0 aliphatic heterocycles. The van der Waals surface area contributed by atoms with Crippen LogP contribution in [0.5, 0.6) is 5.75 Å². The first-order chi connectivity index (χ1) is 12.6. The third kappa shape index (κ3) is 5.09. The second-order valence-electron chi connectivity index (χ2n) is 7.62. The number of hydrogen-bond donors (Lipinski definition) is 1. The van der Waals surface area contributed by atoms with Crippen molar-refractivity contribution < 1.29 is 14.3 Å². The van der Waals surface area contributed by atoms with E-state index < -0.39 is 0 Å². The van der Waals surface area contributed by atoms with Gasteiger partial charge in [-0.3, -0.25) is 9.59 Å². The summed E-state index contributed by atoms with van der Waals surface area (Å²) in [4.78, 5) is 26.5. The normalized spacial score (nSPS) is 11.0. The molecule has 0 aliphatic carbocycles. The van der Waals surface area contributed by atoms with Gasteiger partial charge in [0.1, 0.15) is 12.3 Å². The van der Waals surface area contributed by atoms with Crippen LogP contribution in [0, 0.1) is 6.92 Å². The number of rotatable bonds is 5. The Hall–Kier alpha value is -2.82. The molecule has 0 bridgehead atoms. The molecule has 0 aromatic heterocycles. The smallest absolute Gasteiger partial charge is 0.244 e. The number of aryl methyl sites for hydroxylation is 1. The molecular weight excluding hydrogens is 340 g/mol. The number of carbonyl (C=O) groups excluding carboxylic acids is 2. The molecule has 0 heterocycles. The van der Waals surface area contributed by atoms with E-state index in [-0.39, 0.29) is 23.8 Å². The predicted molar refractivity (Wildman–Crippen MR) is 110 cm³/mol. The molecule has 0 unspecified atom stereocenters. The van der Waals surface area contributed by atoms with Crippen molar-refractivity contribution in [3.8, 4) is 5.75 Å². The van der Waals surface area contributed by atoms with Gasteiger partial charge in [0.25, 0.3) is 0 Å². The minimum atomic E-state index is -0.280. The van der Waals surface area contributed by atoms with E-state index in [0.717, 1.165) is 16.8 Å². The number of nitrogens with zero attached hydrogens (tertiary/aromatic N) is 1. The van der Waals surface area contributed by atoms with Crippen LogP contribution in [0.1, 0.15) is 38.8 Å². The number of carbonyl (C=O) groups is 2. The minimum Gasteiger partial charge on any atom is -0.495 e. The highest BCUT2D eigenvalue weighted by molar-refractivity contribution is 6.02. The van der Waals surface area contributed by atoms with Crippen molar-refractivity contribution in [1.82, 2.24) is 0 Å². The maximum atomic E-state index is 12.7. The Labute approximate surface area is 161 Å². The average molecular weight is 368 g/mol. The van der Waals surface area contributed by atoms with Crippen LogP contribution in [-0.2, 0) is 15.0 Å². The molecule has 144 valence electrons. The van der Waals surface area contributed by atoms with Crippen LogP contribution >= 0.6 is 0 Å². The van der Waals surface area contributed by atoms with Gasteiger partial charge in [-0.15, -0.1) is 0 Å². The minimum absolute atomic E-state index is 0.0699. The molecule has 5 heteroatoms. The van der Waals surface area contributed by atoms with Gasteiger partial charge in [0.05, 0.1) is 12.8 Å². The first-order valence-electron chi connectivity index (χ1n) is 8.95. The zero-order valence-electron chi connectivity index (χ0n) is 16.9. The van der Waals surface area contributed by atoms with Crippen molar-refractivity contribution in [3.63, 3.8) is 0 Å². The zero-order chi connectivity index (χ0) is 20.2. The maximum absolute atomic E-state index is 12.7. The van der Waals surface area contributed by atoms with Crippen molar-refractivity contribution in [1.29, 1.82) is 0 Å². The standard InChI is InChI=1S/C22H28N2O3/c1-15-11-12-20(27-6)18(13-15)23-21(26)14-24(16(2)25)19-10-8-7-9-17(19)22(3,4)5/h7-13H,14H2,1-6H3,(H,23,26). The molecule has 1 N–H and O–H groups in total. The van der Waals surface area contributed by atoms with Gasteiger partial charge in [-0.2, -0.15) is 0 Å². The lowest BCUT2D eigenvalue weighted by Crippen LogP contribution is -2.38. The van der Waals surface area contributed by atoms with E-state index in [1.807, 2.05) is 49.4 Å². The van der Waals surface area contributed by atoms with Crippen LogP contribution in [0.4, 0.5) is 11.4 Å². The number of methoxy groups -OCH3 is 1. The highest BCUT2D eigenvalue weighted by Gasteiger charge is 2.24. The summed E-state index contributed by atoms with van der Waals surface area (Å²) in [5, 5.41) is 2.86. The van der Waals surface area contributed by atoms with Gasteiger partial charge in [0.2, 0.25) is 11.8 Å². The summed E-state index contributed by atoms with van der Waals surface area (Å²) in [6, 6.07) is 13.3. The Balaban J connectivity index is 2.29. The summed E-state index contributed by atoms with van der Waals surface area (Å²) < 4.78 is 5.31. The van der Waals surface area contributed by atoms with Crippen LogP contribution in [0.25, 0.3) is 0 Å². The van der Waals surface area contributed by atoms with E-state index in [9.17, 15) is 9.59 Å². The second-order valence-corrected chi connectivity index (χ2v) is 7.62. The molecule has 2 amide bonds. The maximum Gasteiger partial charge on any atom is 0.244 e. The van der Waals surface area contributed by atoms with Crippen LogP contribution in [0.3, 0.4) is 0 Å². The van der Waals surface area contributed by atoms with E-state index in [4.69, 9.17) is 4.74 Å². The molecule has 2 aromatic rings.